The van der Waals surface area contributed by atoms with Gasteiger partial charge in [-0.1, -0.05) is 0 Å². The van der Waals surface area contributed by atoms with E-state index in [2.05, 4.69) is 6.07 Å². The van der Waals surface area contributed by atoms with E-state index in [0.717, 1.165) is 0 Å². The Morgan fingerprint density at radius 2 is 1.88 bits per heavy atom. The molecule has 0 saturated heterocycles. The van der Waals surface area contributed by atoms with E-state index in [0.29, 0.717) is 12.8 Å². The first-order valence-corrected chi connectivity index (χ1v) is 7.23. The Labute approximate surface area is 103 Å². The highest BCUT2D eigenvalue weighted by Gasteiger charge is 2.21. The maximum absolute atomic E-state index is 11.6. The van der Waals surface area contributed by atoms with E-state index < -0.39 is 26.9 Å². The Balaban J connectivity index is 4.22. The number of hydrogen-bond donors (Lipinski definition) is 0. The van der Waals surface area contributed by atoms with E-state index in [1.165, 1.54) is 19.0 Å². The van der Waals surface area contributed by atoms with Gasteiger partial charge in [0.1, 0.15) is 5.75 Å². The second-order valence-corrected chi connectivity index (χ2v) is 7.16. The van der Waals surface area contributed by atoms with Crippen LogP contribution in [0.2, 0.25) is 0 Å². The van der Waals surface area contributed by atoms with Gasteiger partial charge in [0.15, 0.2) is 9.84 Å². The lowest BCUT2D eigenvalue weighted by atomic mass is 9.90. The van der Waals surface area contributed by atoms with Gasteiger partial charge < -0.3 is 4.90 Å². The number of carbonyl (C=O) groups is 1. The van der Waals surface area contributed by atoms with Crippen molar-refractivity contribution in [3.05, 3.63) is 0 Å². The van der Waals surface area contributed by atoms with Crippen molar-refractivity contribution < 1.29 is 13.2 Å². The zero-order valence-electron chi connectivity index (χ0n) is 10.9. The van der Waals surface area contributed by atoms with Crippen molar-refractivity contribution in [2.75, 3.05) is 25.6 Å². The van der Waals surface area contributed by atoms with Crippen LogP contribution in [-0.2, 0) is 14.6 Å². The standard InChI is InChI=1S/C11H20N2O3S/c1-11(2,9-12)6-5-7-17(15,16)8-10(14)13(3)4/h5-8H2,1-4H3. The van der Waals surface area contributed by atoms with Crippen LogP contribution < -0.4 is 0 Å². The Kier molecular flexibility index (Phi) is 5.62. The van der Waals surface area contributed by atoms with E-state index in [1.807, 2.05) is 0 Å². The molecule has 17 heavy (non-hydrogen) atoms. The number of amides is 1. The third kappa shape index (κ3) is 6.95. The predicted molar refractivity (Wildman–Crippen MR) is 66.0 cm³/mol. The van der Waals surface area contributed by atoms with Crippen LogP contribution in [0.3, 0.4) is 0 Å². The molecular weight excluding hydrogens is 240 g/mol. The summed E-state index contributed by atoms with van der Waals surface area (Å²) in [5, 5.41) is 8.78. The van der Waals surface area contributed by atoms with Crippen molar-refractivity contribution >= 4 is 15.7 Å². The SMILES string of the molecule is CN(C)C(=O)CS(=O)(=O)CCCC(C)(C)C#N. The van der Waals surface area contributed by atoms with Crippen LogP contribution in [-0.4, -0.2) is 44.8 Å². The third-order valence-corrected chi connectivity index (χ3v) is 4.00. The summed E-state index contributed by atoms with van der Waals surface area (Å²) in [4.78, 5) is 12.5. The van der Waals surface area contributed by atoms with E-state index in [9.17, 15) is 13.2 Å². The monoisotopic (exact) mass is 260 g/mol. The topological polar surface area (TPSA) is 78.2 Å². The number of nitriles is 1. The van der Waals surface area contributed by atoms with Gasteiger partial charge in [0.2, 0.25) is 5.91 Å². The fourth-order valence-corrected chi connectivity index (χ4v) is 2.54. The van der Waals surface area contributed by atoms with Gasteiger partial charge in [-0.05, 0) is 26.7 Å². The van der Waals surface area contributed by atoms with E-state index in [4.69, 9.17) is 5.26 Å². The van der Waals surface area contributed by atoms with E-state index in [1.54, 1.807) is 13.8 Å². The first-order valence-electron chi connectivity index (χ1n) is 5.41. The molecule has 0 radical (unpaired) electrons. The number of sulfone groups is 1. The van der Waals surface area contributed by atoms with Gasteiger partial charge in [0.05, 0.1) is 17.2 Å². The van der Waals surface area contributed by atoms with E-state index >= 15 is 0 Å². The average Bonchev–Trinajstić information content (AvgIpc) is 2.16. The second-order valence-electron chi connectivity index (χ2n) is 4.98. The highest BCUT2D eigenvalue weighted by Crippen LogP contribution is 2.20. The van der Waals surface area contributed by atoms with Crippen LogP contribution in [0, 0.1) is 16.7 Å². The Bertz CT molecular complexity index is 405. The van der Waals surface area contributed by atoms with Crippen LogP contribution in [0.15, 0.2) is 0 Å². The second kappa shape index (κ2) is 6.01. The van der Waals surface area contributed by atoms with Gasteiger partial charge in [-0.2, -0.15) is 5.26 Å². The molecule has 1 amide bonds. The van der Waals surface area contributed by atoms with Gasteiger partial charge in [0, 0.05) is 14.1 Å². The highest BCUT2D eigenvalue weighted by molar-refractivity contribution is 7.92. The first-order chi connectivity index (χ1) is 7.59. The minimum atomic E-state index is -3.36. The molecule has 0 bridgehead atoms. The molecule has 98 valence electrons. The molecule has 0 rings (SSSR count). The lowest BCUT2D eigenvalue weighted by molar-refractivity contribution is -0.125. The van der Waals surface area contributed by atoms with Crippen LogP contribution in [0.5, 0.6) is 0 Å². The molecule has 5 nitrogen and oxygen atoms in total. The minimum Gasteiger partial charge on any atom is -0.348 e. The Hall–Kier alpha value is -1.09. The largest absolute Gasteiger partial charge is 0.348 e. The summed E-state index contributed by atoms with van der Waals surface area (Å²) in [7, 11) is -0.308. The molecule has 0 aromatic rings. The molecule has 0 aliphatic rings. The van der Waals surface area contributed by atoms with Crippen molar-refractivity contribution in [1.82, 2.24) is 4.90 Å². The third-order valence-electron chi connectivity index (χ3n) is 2.40. The van der Waals surface area contributed by atoms with Gasteiger partial charge in [-0.3, -0.25) is 4.79 Å². The molecule has 0 fully saturated rings. The number of rotatable bonds is 6. The summed E-state index contributed by atoms with van der Waals surface area (Å²) in [5.74, 6) is -0.908. The van der Waals surface area contributed by atoms with Crippen LogP contribution in [0.1, 0.15) is 26.7 Å². The van der Waals surface area contributed by atoms with E-state index in [-0.39, 0.29) is 5.75 Å². The Morgan fingerprint density at radius 1 is 1.35 bits per heavy atom. The van der Waals surface area contributed by atoms with Gasteiger partial charge in [-0.15, -0.1) is 0 Å². The molecule has 0 aromatic heterocycles. The summed E-state index contributed by atoms with van der Waals surface area (Å²) in [6.45, 7) is 3.54. The zero-order valence-corrected chi connectivity index (χ0v) is 11.7. The molecule has 0 aliphatic heterocycles. The molecule has 0 unspecified atom stereocenters. The maximum atomic E-state index is 11.6. The summed E-state index contributed by atoms with van der Waals surface area (Å²) in [6, 6.07) is 2.12. The molecule has 0 spiro atoms. The molecule has 6 heteroatoms. The molecule has 0 aliphatic carbocycles. The van der Waals surface area contributed by atoms with Crippen molar-refractivity contribution in [3.8, 4) is 6.07 Å². The first kappa shape index (κ1) is 15.9. The summed E-state index contributed by atoms with van der Waals surface area (Å²) in [6.07, 6.45) is 0.919. The molecule has 0 N–H and O–H groups in total. The van der Waals surface area contributed by atoms with Gasteiger partial charge in [0.25, 0.3) is 0 Å². The van der Waals surface area contributed by atoms with Gasteiger partial charge >= 0.3 is 0 Å². The smallest absolute Gasteiger partial charge is 0.237 e. The predicted octanol–water partition coefficient (Wildman–Crippen LogP) is 0.819. The quantitative estimate of drug-likeness (QED) is 0.708. The molecular formula is C11H20N2O3S. The zero-order chi connectivity index (χ0) is 13.7. The fourth-order valence-electron chi connectivity index (χ4n) is 1.18. The van der Waals surface area contributed by atoms with Crippen molar-refractivity contribution in [2.24, 2.45) is 5.41 Å². The Morgan fingerprint density at radius 3 is 2.29 bits per heavy atom. The molecule has 0 heterocycles. The maximum Gasteiger partial charge on any atom is 0.237 e. The van der Waals surface area contributed by atoms with Crippen LogP contribution in [0.4, 0.5) is 0 Å². The normalized spacial score (nSPS) is 11.9. The number of nitrogens with zero attached hydrogens (tertiary/aromatic N) is 2. The van der Waals surface area contributed by atoms with Crippen LogP contribution >= 0.6 is 0 Å². The van der Waals surface area contributed by atoms with Crippen molar-refractivity contribution in [1.29, 1.82) is 5.26 Å². The average molecular weight is 260 g/mol. The molecule has 0 atom stereocenters. The van der Waals surface area contributed by atoms with Crippen molar-refractivity contribution in [2.45, 2.75) is 26.7 Å². The summed E-state index contributed by atoms with van der Waals surface area (Å²) in [5.41, 5.74) is -0.513. The highest BCUT2D eigenvalue weighted by atomic mass is 32.2. The van der Waals surface area contributed by atoms with Crippen LogP contribution in [0.25, 0.3) is 0 Å². The summed E-state index contributed by atoms with van der Waals surface area (Å²) < 4.78 is 23.2. The number of hydrogen-bond acceptors (Lipinski definition) is 4. The minimum absolute atomic E-state index is 0.0440. The number of carbonyl (C=O) groups excluding carboxylic acids is 1. The van der Waals surface area contributed by atoms with Gasteiger partial charge in [-0.25, -0.2) is 8.42 Å². The molecule has 0 saturated carbocycles. The summed E-state index contributed by atoms with van der Waals surface area (Å²) >= 11 is 0. The lowest BCUT2D eigenvalue weighted by Crippen LogP contribution is -2.30. The van der Waals surface area contributed by atoms with Crippen molar-refractivity contribution in [3.63, 3.8) is 0 Å². The fraction of sp³-hybridized carbons (Fsp3) is 0.818. The molecule has 0 aromatic carbocycles. The lowest BCUT2D eigenvalue weighted by Gasteiger charge is -2.15.